The predicted molar refractivity (Wildman–Crippen MR) is 71.7 cm³/mol. The van der Waals surface area contributed by atoms with Crippen molar-refractivity contribution in [3.05, 3.63) is 29.3 Å². The Kier molecular flexibility index (Phi) is 3.04. The zero-order chi connectivity index (χ0) is 13.3. The molecule has 1 aliphatic heterocycles. The molecule has 0 N–H and O–H groups in total. The lowest BCUT2D eigenvalue weighted by Gasteiger charge is -2.25. The zero-order valence-electron chi connectivity index (χ0n) is 11.0. The van der Waals surface area contributed by atoms with Crippen LogP contribution in [-0.2, 0) is 11.2 Å². The molecule has 1 aromatic carbocycles. The maximum atomic E-state index is 12.1. The minimum absolute atomic E-state index is 0.330. The minimum atomic E-state index is -0.495. The number of amides is 1. The van der Waals surface area contributed by atoms with E-state index in [0.717, 1.165) is 23.2 Å². The van der Waals surface area contributed by atoms with Crippen molar-refractivity contribution >= 4 is 11.8 Å². The number of rotatable bonds is 0. The highest BCUT2D eigenvalue weighted by molar-refractivity contribution is 5.92. The van der Waals surface area contributed by atoms with Gasteiger partial charge >= 0.3 is 6.09 Å². The highest BCUT2D eigenvalue weighted by Gasteiger charge is 2.30. The highest BCUT2D eigenvalue weighted by atomic mass is 16.6. The molecule has 18 heavy (non-hydrogen) atoms. The molecule has 0 spiro atoms. The summed E-state index contributed by atoms with van der Waals surface area (Å²) in [6, 6.07) is 5.77. The fraction of sp³-hybridized carbons (Fsp3) is 0.400. The van der Waals surface area contributed by atoms with Crippen LogP contribution in [-0.4, -0.2) is 18.2 Å². The molecule has 0 bridgehead atoms. The Bertz CT molecular complexity index is 520. The van der Waals surface area contributed by atoms with Crippen molar-refractivity contribution in [3.63, 3.8) is 0 Å². The van der Waals surface area contributed by atoms with Gasteiger partial charge in [0.05, 0.1) is 5.69 Å². The molecule has 3 heteroatoms. The number of carbonyl (C=O) groups is 1. The normalized spacial score (nSPS) is 14.0. The molecular weight excluding hydrogens is 226 g/mol. The summed E-state index contributed by atoms with van der Waals surface area (Å²) in [5.74, 6) is 2.63. The Labute approximate surface area is 108 Å². The average Bonchev–Trinajstić information content (AvgIpc) is 2.70. The van der Waals surface area contributed by atoms with Gasteiger partial charge < -0.3 is 4.74 Å². The van der Waals surface area contributed by atoms with E-state index in [4.69, 9.17) is 11.2 Å². The van der Waals surface area contributed by atoms with Crippen LogP contribution in [0.3, 0.4) is 0 Å². The highest BCUT2D eigenvalue weighted by Crippen LogP contribution is 2.32. The van der Waals surface area contributed by atoms with E-state index < -0.39 is 5.60 Å². The molecule has 0 aromatic heterocycles. The Morgan fingerprint density at radius 1 is 1.44 bits per heavy atom. The van der Waals surface area contributed by atoms with Crippen molar-refractivity contribution in [1.82, 2.24) is 0 Å². The topological polar surface area (TPSA) is 29.5 Å². The molecule has 0 fully saturated rings. The van der Waals surface area contributed by atoms with Gasteiger partial charge in [0.25, 0.3) is 0 Å². The first-order valence-electron chi connectivity index (χ1n) is 6.01. The molecule has 2 rings (SSSR count). The van der Waals surface area contributed by atoms with Gasteiger partial charge in [-0.15, -0.1) is 6.42 Å². The van der Waals surface area contributed by atoms with Crippen molar-refractivity contribution in [1.29, 1.82) is 0 Å². The molecule has 1 aromatic rings. The molecule has 0 unspecified atom stereocenters. The van der Waals surface area contributed by atoms with E-state index >= 15 is 0 Å². The summed E-state index contributed by atoms with van der Waals surface area (Å²) in [6.07, 6.45) is 5.98. The number of para-hydroxylation sites is 1. The zero-order valence-corrected chi connectivity index (χ0v) is 11.0. The van der Waals surface area contributed by atoms with Gasteiger partial charge in [0.2, 0.25) is 0 Å². The summed E-state index contributed by atoms with van der Waals surface area (Å²) in [7, 11) is 0. The van der Waals surface area contributed by atoms with Gasteiger partial charge in [-0.2, -0.15) is 0 Å². The van der Waals surface area contributed by atoms with Crippen LogP contribution < -0.4 is 4.90 Å². The number of terminal acetylenes is 1. The molecule has 1 amide bonds. The maximum absolute atomic E-state index is 12.1. The summed E-state index contributed by atoms with van der Waals surface area (Å²) in [5.41, 5.74) is 2.19. The summed E-state index contributed by atoms with van der Waals surface area (Å²) >= 11 is 0. The first-order chi connectivity index (χ1) is 8.42. The Morgan fingerprint density at radius 2 is 2.17 bits per heavy atom. The van der Waals surface area contributed by atoms with Crippen LogP contribution in [0.15, 0.2) is 18.2 Å². The third-order valence-electron chi connectivity index (χ3n) is 2.76. The Hall–Kier alpha value is -1.95. The molecule has 1 heterocycles. The second-order valence-corrected chi connectivity index (χ2v) is 5.34. The van der Waals surface area contributed by atoms with Crippen molar-refractivity contribution in [2.75, 3.05) is 11.4 Å². The van der Waals surface area contributed by atoms with Crippen LogP contribution in [0.5, 0.6) is 0 Å². The van der Waals surface area contributed by atoms with Crippen LogP contribution in [0.25, 0.3) is 0 Å². The Balaban J connectivity index is 2.32. The minimum Gasteiger partial charge on any atom is -0.443 e. The molecular formula is C15H17NO2. The van der Waals surface area contributed by atoms with Gasteiger partial charge in [-0.3, -0.25) is 4.90 Å². The fourth-order valence-electron chi connectivity index (χ4n) is 2.07. The SMILES string of the molecule is C#Cc1cccc2c1N(C(=O)OC(C)(C)C)CC2. The first-order valence-corrected chi connectivity index (χ1v) is 6.01. The third-order valence-corrected chi connectivity index (χ3v) is 2.76. The maximum Gasteiger partial charge on any atom is 0.414 e. The summed E-state index contributed by atoms with van der Waals surface area (Å²) in [5, 5.41) is 0. The number of carbonyl (C=O) groups excluding carboxylic acids is 1. The van der Waals surface area contributed by atoms with Crippen LogP contribution in [0.1, 0.15) is 31.9 Å². The third kappa shape index (κ3) is 2.33. The van der Waals surface area contributed by atoms with E-state index in [1.165, 1.54) is 0 Å². The molecule has 94 valence electrons. The predicted octanol–water partition coefficient (Wildman–Crippen LogP) is 2.97. The number of fused-ring (bicyclic) bond motifs is 1. The number of anilines is 1. The average molecular weight is 243 g/mol. The van der Waals surface area contributed by atoms with Crippen molar-refractivity contribution in [3.8, 4) is 12.3 Å². The molecule has 0 aliphatic carbocycles. The standard InChI is InChI=1S/C15H17NO2/c1-5-11-7-6-8-12-9-10-16(13(11)12)14(17)18-15(2,3)4/h1,6-8H,9-10H2,2-4H3. The quantitative estimate of drug-likeness (QED) is 0.656. The van der Waals surface area contributed by atoms with E-state index in [1.54, 1.807) is 4.90 Å². The molecule has 0 atom stereocenters. The van der Waals surface area contributed by atoms with Crippen molar-refractivity contribution in [2.45, 2.75) is 32.8 Å². The molecule has 0 saturated carbocycles. The van der Waals surface area contributed by atoms with Gasteiger partial charge in [-0.05, 0) is 38.8 Å². The lowest BCUT2D eigenvalue weighted by atomic mass is 10.1. The largest absolute Gasteiger partial charge is 0.443 e. The van der Waals surface area contributed by atoms with Crippen LogP contribution >= 0.6 is 0 Å². The number of hydrogen-bond acceptors (Lipinski definition) is 2. The molecule has 0 radical (unpaired) electrons. The van der Waals surface area contributed by atoms with E-state index in [1.807, 2.05) is 39.0 Å². The van der Waals surface area contributed by atoms with Gasteiger partial charge in [0, 0.05) is 12.1 Å². The van der Waals surface area contributed by atoms with E-state index in [-0.39, 0.29) is 6.09 Å². The van der Waals surface area contributed by atoms with Crippen LogP contribution in [0, 0.1) is 12.3 Å². The summed E-state index contributed by atoms with van der Waals surface area (Å²) in [6.45, 7) is 6.20. The number of ether oxygens (including phenoxy) is 1. The van der Waals surface area contributed by atoms with Crippen LogP contribution in [0.2, 0.25) is 0 Å². The second-order valence-electron chi connectivity index (χ2n) is 5.34. The Morgan fingerprint density at radius 3 is 2.78 bits per heavy atom. The molecule has 3 nitrogen and oxygen atoms in total. The van der Waals surface area contributed by atoms with E-state index in [2.05, 4.69) is 5.92 Å². The molecule has 1 aliphatic rings. The number of hydrogen-bond donors (Lipinski definition) is 0. The summed E-state index contributed by atoms with van der Waals surface area (Å²) in [4.78, 5) is 13.8. The number of benzene rings is 1. The fourth-order valence-corrected chi connectivity index (χ4v) is 2.07. The van der Waals surface area contributed by atoms with Crippen molar-refractivity contribution in [2.24, 2.45) is 0 Å². The monoisotopic (exact) mass is 243 g/mol. The lowest BCUT2D eigenvalue weighted by molar-refractivity contribution is 0.0584. The van der Waals surface area contributed by atoms with E-state index in [9.17, 15) is 4.79 Å². The lowest BCUT2D eigenvalue weighted by Crippen LogP contribution is -2.36. The van der Waals surface area contributed by atoms with Gasteiger partial charge in [-0.25, -0.2) is 4.79 Å². The van der Waals surface area contributed by atoms with E-state index in [0.29, 0.717) is 6.54 Å². The van der Waals surface area contributed by atoms with Gasteiger partial charge in [-0.1, -0.05) is 18.1 Å². The van der Waals surface area contributed by atoms with Crippen molar-refractivity contribution < 1.29 is 9.53 Å². The smallest absolute Gasteiger partial charge is 0.414 e. The number of nitrogens with zero attached hydrogens (tertiary/aromatic N) is 1. The summed E-state index contributed by atoms with van der Waals surface area (Å²) < 4.78 is 5.40. The molecule has 0 saturated heterocycles. The van der Waals surface area contributed by atoms with Gasteiger partial charge in [0.1, 0.15) is 5.60 Å². The van der Waals surface area contributed by atoms with Crippen LogP contribution in [0.4, 0.5) is 10.5 Å². The van der Waals surface area contributed by atoms with Gasteiger partial charge in [0.15, 0.2) is 0 Å². The second kappa shape index (κ2) is 4.38. The first kappa shape index (κ1) is 12.5.